The largest absolute Gasteiger partial charge is 0.467 e. The van der Waals surface area contributed by atoms with Gasteiger partial charge in [0.2, 0.25) is 11.8 Å². The van der Waals surface area contributed by atoms with Crippen molar-refractivity contribution in [2.75, 3.05) is 17.2 Å². The van der Waals surface area contributed by atoms with E-state index in [1.54, 1.807) is 35.1 Å². The zero-order valence-electron chi connectivity index (χ0n) is 16.1. The van der Waals surface area contributed by atoms with Crippen LogP contribution in [0.1, 0.15) is 24.3 Å². The van der Waals surface area contributed by atoms with Crippen LogP contribution in [0, 0.1) is 6.92 Å². The number of para-hydroxylation sites is 1. The lowest BCUT2D eigenvalue weighted by atomic mass is 10.2. The van der Waals surface area contributed by atoms with E-state index in [-0.39, 0.29) is 24.7 Å². The van der Waals surface area contributed by atoms with Gasteiger partial charge < -0.3 is 14.6 Å². The lowest BCUT2D eigenvalue weighted by Crippen LogP contribution is -2.36. The molecular formula is C21H22N4O3S. The van der Waals surface area contributed by atoms with Crippen molar-refractivity contribution in [3.05, 3.63) is 60.2 Å². The molecular weight excluding hydrogens is 388 g/mol. The molecule has 0 bridgehead atoms. The molecule has 0 aliphatic carbocycles. The summed E-state index contributed by atoms with van der Waals surface area (Å²) in [6.07, 6.45) is 1.86. The van der Waals surface area contributed by atoms with Crippen molar-refractivity contribution < 1.29 is 14.0 Å². The number of carbonyl (C=O) groups excluding carboxylic acids is 2. The molecule has 0 saturated heterocycles. The molecule has 4 rings (SSSR count). The van der Waals surface area contributed by atoms with Crippen molar-refractivity contribution in [3.8, 4) is 5.69 Å². The van der Waals surface area contributed by atoms with Gasteiger partial charge in [0.05, 0.1) is 29.9 Å². The third-order valence-corrected chi connectivity index (χ3v) is 5.75. The van der Waals surface area contributed by atoms with E-state index in [0.717, 1.165) is 27.8 Å². The summed E-state index contributed by atoms with van der Waals surface area (Å²) < 4.78 is 7.09. The Morgan fingerprint density at radius 2 is 2.00 bits per heavy atom. The molecule has 1 N–H and O–H groups in total. The topological polar surface area (TPSA) is 80.4 Å². The summed E-state index contributed by atoms with van der Waals surface area (Å²) in [6, 6.07) is 13.5. The van der Waals surface area contributed by atoms with Gasteiger partial charge in [0, 0.05) is 25.1 Å². The minimum atomic E-state index is -0.168. The minimum absolute atomic E-state index is 0.0598. The molecule has 0 spiro atoms. The predicted octanol–water partition coefficient (Wildman–Crippen LogP) is 3.31. The smallest absolute Gasteiger partial charge is 0.227 e. The Bertz CT molecular complexity index is 999. The van der Waals surface area contributed by atoms with Gasteiger partial charge in [-0.05, 0) is 31.2 Å². The van der Waals surface area contributed by atoms with Crippen LogP contribution in [-0.4, -0.2) is 33.9 Å². The van der Waals surface area contributed by atoms with E-state index >= 15 is 0 Å². The molecule has 150 valence electrons. The van der Waals surface area contributed by atoms with Gasteiger partial charge in [0.15, 0.2) is 0 Å². The van der Waals surface area contributed by atoms with Gasteiger partial charge in [-0.25, -0.2) is 4.68 Å². The molecule has 0 unspecified atom stereocenters. The molecule has 1 aliphatic heterocycles. The van der Waals surface area contributed by atoms with Crippen LogP contribution >= 0.6 is 11.8 Å². The van der Waals surface area contributed by atoms with E-state index in [4.69, 9.17) is 4.42 Å². The van der Waals surface area contributed by atoms with Crippen LogP contribution in [0.15, 0.2) is 58.2 Å². The fraction of sp³-hybridized carbons (Fsp3) is 0.286. The van der Waals surface area contributed by atoms with Gasteiger partial charge in [0.25, 0.3) is 0 Å². The van der Waals surface area contributed by atoms with Crippen molar-refractivity contribution in [3.63, 3.8) is 0 Å². The molecule has 0 atom stereocenters. The van der Waals surface area contributed by atoms with E-state index in [1.807, 2.05) is 41.9 Å². The number of nitrogens with one attached hydrogen (secondary N) is 1. The second-order valence-electron chi connectivity index (χ2n) is 6.74. The van der Waals surface area contributed by atoms with Crippen LogP contribution in [0.2, 0.25) is 0 Å². The maximum Gasteiger partial charge on any atom is 0.227 e. The number of aryl methyl sites for hydroxylation is 1. The Kier molecular flexibility index (Phi) is 5.71. The summed E-state index contributed by atoms with van der Waals surface area (Å²) in [7, 11) is 0. The molecule has 0 saturated carbocycles. The number of hydrogen-bond acceptors (Lipinski definition) is 5. The lowest BCUT2D eigenvalue weighted by molar-refractivity contribution is -0.125. The lowest BCUT2D eigenvalue weighted by Gasteiger charge is -2.27. The van der Waals surface area contributed by atoms with Gasteiger partial charge >= 0.3 is 0 Å². The third-order valence-electron chi connectivity index (χ3n) is 4.72. The molecule has 2 amide bonds. The SMILES string of the molecule is Cc1nn(-c2ccccc2)c2c1N(C(=O)CCC(=O)NCc1ccco1)CCS2. The van der Waals surface area contributed by atoms with Crippen LogP contribution in [0.25, 0.3) is 5.69 Å². The fourth-order valence-corrected chi connectivity index (χ4v) is 4.45. The minimum Gasteiger partial charge on any atom is -0.467 e. The number of benzene rings is 1. The van der Waals surface area contributed by atoms with E-state index in [1.165, 1.54) is 0 Å². The van der Waals surface area contributed by atoms with E-state index in [0.29, 0.717) is 18.8 Å². The Morgan fingerprint density at radius 3 is 2.76 bits per heavy atom. The molecule has 0 fully saturated rings. The van der Waals surface area contributed by atoms with Crippen molar-refractivity contribution in [2.45, 2.75) is 31.3 Å². The number of aromatic nitrogens is 2. The Morgan fingerprint density at radius 1 is 1.17 bits per heavy atom. The highest BCUT2D eigenvalue weighted by molar-refractivity contribution is 7.99. The average Bonchev–Trinajstić information content (AvgIpc) is 3.39. The van der Waals surface area contributed by atoms with Gasteiger partial charge in [-0.15, -0.1) is 11.8 Å². The number of anilines is 1. The van der Waals surface area contributed by atoms with Crippen LogP contribution < -0.4 is 10.2 Å². The normalized spacial score (nSPS) is 13.2. The molecule has 3 aromatic rings. The summed E-state index contributed by atoms with van der Waals surface area (Å²) in [5, 5.41) is 8.40. The molecule has 0 radical (unpaired) electrons. The predicted molar refractivity (Wildman–Crippen MR) is 111 cm³/mol. The first-order valence-corrected chi connectivity index (χ1v) is 10.5. The van der Waals surface area contributed by atoms with Crippen molar-refractivity contribution in [1.82, 2.24) is 15.1 Å². The summed E-state index contributed by atoms with van der Waals surface area (Å²) >= 11 is 1.70. The van der Waals surface area contributed by atoms with Gasteiger partial charge in [-0.2, -0.15) is 5.10 Å². The molecule has 8 heteroatoms. The number of fused-ring (bicyclic) bond motifs is 1. The van der Waals surface area contributed by atoms with Crippen LogP contribution in [-0.2, 0) is 16.1 Å². The number of amides is 2. The van der Waals surface area contributed by atoms with E-state index in [2.05, 4.69) is 10.4 Å². The number of furan rings is 1. The van der Waals surface area contributed by atoms with Crippen molar-refractivity contribution in [1.29, 1.82) is 0 Å². The summed E-state index contributed by atoms with van der Waals surface area (Å²) in [6.45, 7) is 2.86. The van der Waals surface area contributed by atoms with Crippen LogP contribution in [0.3, 0.4) is 0 Å². The number of hydrogen-bond donors (Lipinski definition) is 1. The molecule has 2 aromatic heterocycles. The maximum atomic E-state index is 12.9. The number of thioether (sulfide) groups is 1. The van der Waals surface area contributed by atoms with Gasteiger partial charge in [-0.3, -0.25) is 9.59 Å². The first-order valence-electron chi connectivity index (χ1n) is 9.51. The highest BCUT2D eigenvalue weighted by Gasteiger charge is 2.29. The monoisotopic (exact) mass is 410 g/mol. The van der Waals surface area contributed by atoms with Crippen LogP contribution in [0.4, 0.5) is 5.69 Å². The highest BCUT2D eigenvalue weighted by Crippen LogP contribution is 2.39. The average molecular weight is 410 g/mol. The Hall–Kier alpha value is -3.00. The van der Waals surface area contributed by atoms with E-state index < -0.39 is 0 Å². The van der Waals surface area contributed by atoms with Gasteiger partial charge in [0.1, 0.15) is 10.8 Å². The first-order chi connectivity index (χ1) is 14.1. The van der Waals surface area contributed by atoms with Crippen molar-refractivity contribution >= 4 is 29.3 Å². The molecule has 1 aromatic carbocycles. The zero-order chi connectivity index (χ0) is 20.2. The standard InChI is InChI=1S/C21H22N4O3S/c1-15-20-21(25(23-15)16-6-3-2-4-7-16)29-13-11-24(20)19(27)10-9-18(26)22-14-17-8-5-12-28-17/h2-8,12H,9-11,13-14H2,1H3,(H,22,26). The van der Waals surface area contributed by atoms with Gasteiger partial charge in [-0.1, -0.05) is 18.2 Å². The summed E-state index contributed by atoms with van der Waals surface area (Å²) in [4.78, 5) is 26.7. The third kappa shape index (κ3) is 4.22. The molecule has 7 nitrogen and oxygen atoms in total. The maximum absolute atomic E-state index is 12.9. The summed E-state index contributed by atoms with van der Waals surface area (Å²) in [5.74, 6) is 1.25. The fourth-order valence-electron chi connectivity index (χ4n) is 3.32. The summed E-state index contributed by atoms with van der Waals surface area (Å²) in [5.41, 5.74) is 2.63. The quantitative estimate of drug-likeness (QED) is 0.674. The number of carbonyl (C=O) groups is 2. The highest BCUT2D eigenvalue weighted by atomic mass is 32.2. The molecule has 29 heavy (non-hydrogen) atoms. The second kappa shape index (κ2) is 8.57. The van der Waals surface area contributed by atoms with E-state index in [9.17, 15) is 9.59 Å². The van der Waals surface area contributed by atoms with Crippen molar-refractivity contribution in [2.24, 2.45) is 0 Å². The Balaban J connectivity index is 1.43. The Labute approximate surface area is 173 Å². The number of nitrogens with zero attached hydrogens (tertiary/aromatic N) is 3. The molecule has 3 heterocycles. The van der Waals surface area contributed by atoms with Crippen LogP contribution in [0.5, 0.6) is 0 Å². The molecule has 1 aliphatic rings. The zero-order valence-corrected chi connectivity index (χ0v) is 16.9. The second-order valence-corrected chi connectivity index (χ2v) is 7.82. The first kappa shape index (κ1) is 19.3. The number of rotatable bonds is 6.